The molecule has 0 radical (unpaired) electrons. The van der Waals surface area contributed by atoms with Gasteiger partial charge in [0, 0.05) is 25.3 Å². The number of carbonyl (C=O) groups excluding carboxylic acids is 1. The SMILES string of the molecule is O=C(NCC1(N2CCCCC2)CCOCC1)[C@@H]1CCCN1. The summed E-state index contributed by atoms with van der Waals surface area (Å²) in [6.45, 7) is 5.77. The Balaban J connectivity index is 1.60. The van der Waals surface area contributed by atoms with Crippen LogP contribution in [-0.4, -0.2) is 61.8 Å². The lowest BCUT2D eigenvalue weighted by molar-refractivity contribution is -0.124. The molecule has 3 rings (SSSR count). The lowest BCUT2D eigenvalue weighted by atomic mass is 9.86. The maximum absolute atomic E-state index is 12.3. The molecule has 21 heavy (non-hydrogen) atoms. The van der Waals surface area contributed by atoms with Crippen LogP contribution < -0.4 is 10.6 Å². The lowest BCUT2D eigenvalue weighted by Crippen LogP contribution is -2.60. The number of carbonyl (C=O) groups is 1. The summed E-state index contributed by atoms with van der Waals surface area (Å²) in [5.74, 6) is 0.190. The molecule has 0 aromatic rings. The molecule has 3 aliphatic heterocycles. The van der Waals surface area contributed by atoms with E-state index in [1.165, 1.54) is 32.4 Å². The van der Waals surface area contributed by atoms with E-state index in [0.717, 1.165) is 52.0 Å². The Labute approximate surface area is 127 Å². The molecule has 0 aliphatic carbocycles. The van der Waals surface area contributed by atoms with Gasteiger partial charge >= 0.3 is 0 Å². The van der Waals surface area contributed by atoms with E-state index >= 15 is 0 Å². The van der Waals surface area contributed by atoms with E-state index in [1.807, 2.05) is 0 Å². The fourth-order valence-corrected chi connectivity index (χ4v) is 4.01. The van der Waals surface area contributed by atoms with Gasteiger partial charge in [-0.2, -0.15) is 0 Å². The van der Waals surface area contributed by atoms with E-state index in [0.29, 0.717) is 0 Å². The fraction of sp³-hybridized carbons (Fsp3) is 0.938. The molecule has 5 nitrogen and oxygen atoms in total. The van der Waals surface area contributed by atoms with Crippen molar-refractivity contribution in [3.8, 4) is 0 Å². The third-order valence-corrected chi connectivity index (χ3v) is 5.42. The van der Waals surface area contributed by atoms with E-state index < -0.39 is 0 Å². The zero-order chi connectivity index (χ0) is 14.5. The van der Waals surface area contributed by atoms with Crippen molar-refractivity contribution in [2.45, 2.75) is 56.5 Å². The standard InChI is InChI=1S/C16H29N3O2/c20-15(14-5-4-8-17-14)18-13-16(6-11-21-12-7-16)19-9-2-1-3-10-19/h14,17H,1-13H2,(H,18,20)/t14-/m0/s1. The topological polar surface area (TPSA) is 53.6 Å². The average molecular weight is 295 g/mol. The molecule has 3 aliphatic rings. The molecular weight excluding hydrogens is 266 g/mol. The van der Waals surface area contributed by atoms with Crippen molar-refractivity contribution in [3.63, 3.8) is 0 Å². The molecule has 3 saturated heterocycles. The first kappa shape index (κ1) is 15.3. The average Bonchev–Trinajstić information content (AvgIpc) is 3.09. The molecule has 3 fully saturated rings. The van der Waals surface area contributed by atoms with Gasteiger partial charge in [-0.1, -0.05) is 6.42 Å². The summed E-state index contributed by atoms with van der Waals surface area (Å²) in [4.78, 5) is 14.9. The van der Waals surface area contributed by atoms with Crippen LogP contribution in [0.25, 0.3) is 0 Å². The van der Waals surface area contributed by atoms with Crippen molar-refractivity contribution >= 4 is 5.91 Å². The fourth-order valence-electron chi connectivity index (χ4n) is 4.01. The summed E-state index contributed by atoms with van der Waals surface area (Å²) >= 11 is 0. The second kappa shape index (κ2) is 7.07. The third-order valence-electron chi connectivity index (χ3n) is 5.42. The van der Waals surface area contributed by atoms with Gasteiger partial charge < -0.3 is 15.4 Å². The first-order chi connectivity index (χ1) is 10.3. The number of nitrogens with one attached hydrogen (secondary N) is 2. The maximum atomic E-state index is 12.3. The predicted octanol–water partition coefficient (Wildman–Crippen LogP) is 0.890. The van der Waals surface area contributed by atoms with Crippen LogP contribution >= 0.6 is 0 Å². The maximum Gasteiger partial charge on any atom is 0.237 e. The van der Waals surface area contributed by atoms with E-state index in [9.17, 15) is 4.79 Å². The van der Waals surface area contributed by atoms with Gasteiger partial charge in [0.2, 0.25) is 5.91 Å². The summed E-state index contributed by atoms with van der Waals surface area (Å²) in [5.41, 5.74) is 0.132. The molecular formula is C16H29N3O2. The number of nitrogens with zero attached hydrogens (tertiary/aromatic N) is 1. The van der Waals surface area contributed by atoms with Crippen molar-refractivity contribution in [2.75, 3.05) is 39.4 Å². The van der Waals surface area contributed by atoms with Gasteiger partial charge in [-0.15, -0.1) is 0 Å². The molecule has 3 heterocycles. The molecule has 0 aromatic heterocycles. The van der Waals surface area contributed by atoms with Gasteiger partial charge in [0.15, 0.2) is 0 Å². The Morgan fingerprint density at radius 2 is 1.95 bits per heavy atom. The van der Waals surface area contributed by atoms with Crippen LogP contribution in [0.4, 0.5) is 0 Å². The highest BCUT2D eigenvalue weighted by atomic mass is 16.5. The van der Waals surface area contributed by atoms with Crippen molar-refractivity contribution in [2.24, 2.45) is 0 Å². The van der Waals surface area contributed by atoms with Crippen LogP contribution in [-0.2, 0) is 9.53 Å². The van der Waals surface area contributed by atoms with Crippen LogP contribution in [0.5, 0.6) is 0 Å². The number of hydrogen-bond donors (Lipinski definition) is 2. The van der Waals surface area contributed by atoms with Crippen LogP contribution in [0.2, 0.25) is 0 Å². The molecule has 0 bridgehead atoms. The smallest absolute Gasteiger partial charge is 0.237 e. The van der Waals surface area contributed by atoms with Gasteiger partial charge in [-0.25, -0.2) is 0 Å². The number of likely N-dealkylation sites (tertiary alicyclic amines) is 1. The Morgan fingerprint density at radius 1 is 1.19 bits per heavy atom. The van der Waals surface area contributed by atoms with Crippen molar-refractivity contribution < 1.29 is 9.53 Å². The van der Waals surface area contributed by atoms with Gasteiger partial charge in [-0.05, 0) is 58.2 Å². The predicted molar refractivity (Wildman–Crippen MR) is 82.2 cm³/mol. The summed E-state index contributed by atoms with van der Waals surface area (Å²) in [5, 5.41) is 6.52. The van der Waals surface area contributed by atoms with Crippen molar-refractivity contribution in [3.05, 3.63) is 0 Å². The minimum absolute atomic E-state index is 0.0308. The number of hydrogen-bond acceptors (Lipinski definition) is 4. The third kappa shape index (κ3) is 3.58. The van der Waals surface area contributed by atoms with Crippen LogP contribution in [0.1, 0.15) is 44.9 Å². The quantitative estimate of drug-likeness (QED) is 0.809. The molecule has 1 amide bonds. The summed E-state index contributed by atoms with van der Waals surface area (Å²) in [6, 6.07) is 0.0308. The van der Waals surface area contributed by atoms with Gasteiger partial charge in [0.05, 0.1) is 6.04 Å². The van der Waals surface area contributed by atoms with Crippen molar-refractivity contribution in [1.82, 2.24) is 15.5 Å². The Hall–Kier alpha value is -0.650. The number of piperidine rings is 1. The lowest BCUT2D eigenvalue weighted by Gasteiger charge is -2.48. The minimum Gasteiger partial charge on any atom is -0.381 e. The van der Waals surface area contributed by atoms with E-state index in [2.05, 4.69) is 15.5 Å². The van der Waals surface area contributed by atoms with Gasteiger partial charge in [0.25, 0.3) is 0 Å². The molecule has 2 N–H and O–H groups in total. The largest absolute Gasteiger partial charge is 0.381 e. The highest BCUT2D eigenvalue weighted by Gasteiger charge is 2.39. The van der Waals surface area contributed by atoms with E-state index in [4.69, 9.17) is 4.74 Å². The second-order valence-electron chi connectivity index (χ2n) is 6.75. The first-order valence-electron chi connectivity index (χ1n) is 8.64. The van der Waals surface area contributed by atoms with Gasteiger partial charge in [0.1, 0.15) is 0 Å². The molecule has 0 unspecified atom stereocenters. The Morgan fingerprint density at radius 3 is 2.62 bits per heavy atom. The zero-order valence-corrected chi connectivity index (χ0v) is 13.0. The van der Waals surface area contributed by atoms with E-state index in [1.54, 1.807) is 0 Å². The molecule has 120 valence electrons. The van der Waals surface area contributed by atoms with Gasteiger partial charge in [-0.3, -0.25) is 9.69 Å². The molecule has 0 saturated carbocycles. The normalized spacial score (nSPS) is 30.2. The second-order valence-corrected chi connectivity index (χ2v) is 6.75. The van der Waals surface area contributed by atoms with E-state index in [-0.39, 0.29) is 17.5 Å². The van der Waals surface area contributed by atoms with Crippen LogP contribution in [0.15, 0.2) is 0 Å². The molecule has 1 atom stereocenters. The monoisotopic (exact) mass is 295 g/mol. The summed E-state index contributed by atoms with van der Waals surface area (Å²) < 4.78 is 5.57. The molecule has 5 heteroatoms. The number of amides is 1. The molecule has 0 spiro atoms. The number of ether oxygens (including phenoxy) is 1. The highest BCUT2D eigenvalue weighted by Crippen LogP contribution is 2.30. The number of rotatable bonds is 4. The zero-order valence-electron chi connectivity index (χ0n) is 13.0. The highest BCUT2D eigenvalue weighted by molar-refractivity contribution is 5.82. The Kier molecular flexibility index (Phi) is 5.14. The first-order valence-corrected chi connectivity index (χ1v) is 8.64. The van der Waals surface area contributed by atoms with Crippen molar-refractivity contribution in [1.29, 1.82) is 0 Å². The summed E-state index contributed by atoms with van der Waals surface area (Å²) in [6.07, 6.45) is 8.12. The molecule has 0 aromatic carbocycles. The Bertz CT molecular complexity index is 343. The van der Waals surface area contributed by atoms with Crippen LogP contribution in [0.3, 0.4) is 0 Å². The van der Waals surface area contributed by atoms with Crippen LogP contribution in [0, 0.1) is 0 Å². The minimum atomic E-state index is 0.0308. The summed E-state index contributed by atoms with van der Waals surface area (Å²) in [7, 11) is 0.